The van der Waals surface area contributed by atoms with Crippen LogP contribution in [0.15, 0.2) is 0 Å². The summed E-state index contributed by atoms with van der Waals surface area (Å²) in [6, 6.07) is 0.0955. The molecule has 1 heterocycles. The molecule has 76 valence electrons. The second kappa shape index (κ2) is 4.46. The highest BCUT2D eigenvalue weighted by Gasteiger charge is 2.26. The minimum Gasteiger partial charge on any atom is -0.450 e. The van der Waals surface area contributed by atoms with Gasteiger partial charge in [0.1, 0.15) is 0 Å². The standard InChI is InChI=1S/C9H18N2O2/c1-3-13-9(12)11-5-4-7(2)8(10)6-11/h7-8H,3-6,10H2,1-2H3. The van der Waals surface area contributed by atoms with Crippen molar-refractivity contribution in [3.8, 4) is 0 Å². The maximum Gasteiger partial charge on any atom is 0.409 e. The number of piperidine rings is 1. The first kappa shape index (κ1) is 10.3. The van der Waals surface area contributed by atoms with Gasteiger partial charge >= 0.3 is 6.09 Å². The molecule has 13 heavy (non-hydrogen) atoms. The number of hydrogen-bond acceptors (Lipinski definition) is 3. The molecule has 0 radical (unpaired) electrons. The van der Waals surface area contributed by atoms with Crippen LogP contribution in [0.5, 0.6) is 0 Å². The van der Waals surface area contributed by atoms with Crippen molar-refractivity contribution in [1.82, 2.24) is 4.90 Å². The fourth-order valence-electron chi connectivity index (χ4n) is 1.48. The first-order valence-corrected chi connectivity index (χ1v) is 4.82. The zero-order chi connectivity index (χ0) is 9.84. The van der Waals surface area contributed by atoms with Crippen molar-refractivity contribution in [2.45, 2.75) is 26.3 Å². The van der Waals surface area contributed by atoms with Crippen molar-refractivity contribution in [2.75, 3.05) is 19.7 Å². The van der Waals surface area contributed by atoms with Crippen LogP contribution >= 0.6 is 0 Å². The normalized spacial score (nSPS) is 28.7. The van der Waals surface area contributed by atoms with Gasteiger partial charge in [0.2, 0.25) is 0 Å². The van der Waals surface area contributed by atoms with Crippen molar-refractivity contribution < 1.29 is 9.53 Å². The molecule has 1 fully saturated rings. The highest BCUT2D eigenvalue weighted by Crippen LogP contribution is 2.15. The van der Waals surface area contributed by atoms with Gasteiger partial charge in [0.25, 0.3) is 0 Å². The molecule has 1 aliphatic heterocycles. The summed E-state index contributed by atoms with van der Waals surface area (Å²) < 4.78 is 4.90. The SMILES string of the molecule is CCOC(=O)N1CCC(C)C(N)C1. The third-order valence-corrected chi connectivity index (χ3v) is 2.54. The van der Waals surface area contributed by atoms with E-state index in [1.807, 2.05) is 6.92 Å². The molecule has 0 bridgehead atoms. The van der Waals surface area contributed by atoms with Gasteiger partial charge in [0.15, 0.2) is 0 Å². The van der Waals surface area contributed by atoms with Crippen LogP contribution in [0, 0.1) is 5.92 Å². The van der Waals surface area contributed by atoms with E-state index < -0.39 is 0 Å². The Kier molecular flexibility index (Phi) is 3.54. The lowest BCUT2D eigenvalue weighted by Gasteiger charge is -2.34. The highest BCUT2D eigenvalue weighted by molar-refractivity contribution is 5.67. The van der Waals surface area contributed by atoms with Gasteiger partial charge in [-0.05, 0) is 19.3 Å². The number of carbonyl (C=O) groups is 1. The van der Waals surface area contributed by atoms with Gasteiger partial charge in [-0.15, -0.1) is 0 Å². The summed E-state index contributed by atoms with van der Waals surface area (Å²) in [5, 5.41) is 0. The van der Waals surface area contributed by atoms with E-state index in [0.29, 0.717) is 19.1 Å². The van der Waals surface area contributed by atoms with Crippen molar-refractivity contribution in [2.24, 2.45) is 11.7 Å². The summed E-state index contributed by atoms with van der Waals surface area (Å²) in [5.41, 5.74) is 5.85. The van der Waals surface area contributed by atoms with Gasteiger partial charge in [0.05, 0.1) is 6.61 Å². The number of nitrogens with two attached hydrogens (primary N) is 1. The average Bonchev–Trinajstić information content (AvgIpc) is 2.10. The maximum atomic E-state index is 11.3. The highest BCUT2D eigenvalue weighted by atomic mass is 16.6. The van der Waals surface area contributed by atoms with Gasteiger partial charge in [-0.1, -0.05) is 6.92 Å². The van der Waals surface area contributed by atoms with Crippen LogP contribution in [0.2, 0.25) is 0 Å². The zero-order valence-corrected chi connectivity index (χ0v) is 8.32. The summed E-state index contributed by atoms with van der Waals surface area (Å²) in [6.07, 6.45) is 0.741. The molecule has 0 aromatic carbocycles. The number of hydrogen-bond donors (Lipinski definition) is 1. The van der Waals surface area contributed by atoms with Gasteiger partial charge in [-0.2, -0.15) is 0 Å². The van der Waals surface area contributed by atoms with E-state index in [1.54, 1.807) is 4.90 Å². The van der Waals surface area contributed by atoms with Crippen LogP contribution in [0.3, 0.4) is 0 Å². The minimum atomic E-state index is -0.232. The Bertz CT molecular complexity index is 184. The van der Waals surface area contributed by atoms with Crippen molar-refractivity contribution in [1.29, 1.82) is 0 Å². The molecule has 2 atom stereocenters. The minimum absolute atomic E-state index is 0.0955. The van der Waals surface area contributed by atoms with Crippen molar-refractivity contribution in [3.05, 3.63) is 0 Å². The third kappa shape index (κ3) is 2.59. The molecule has 1 saturated heterocycles. The predicted molar refractivity (Wildman–Crippen MR) is 50.4 cm³/mol. The Hall–Kier alpha value is -0.770. The molecular weight excluding hydrogens is 168 g/mol. The fraction of sp³-hybridized carbons (Fsp3) is 0.889. The Balaban J connectivity index is 2.40. The second-order valence-electron chi connectivity index (χ2n) is 3.57. The lowest BCUT2D eigenvalue weighted by Crippen LogP contribution is -2.49. The molecule has 1 rings (SSSR count). The molecule has 2 unspecified atom stereocenters. The Morgan fingerprint density at radius 1 is 1.69 bits per heavy atom. The molecule has 0 aliphatic carbocycles. The van der Waals surface area contributed by atoms with Crippen LogP contribution in [0.1, 0.15) is 20.3 Å². The lowest BCUT2D eigenvalue weighted by molar-refractivity contribution is 0.0879. The van der Waals surface area contributed by atoms with E-state index in [4.69, 9.17) is 10.5 Å². The van der Waals surface area contributed by atoms with Crippen LogP contribution in [-0.4, -0.2) is 36.7 Å². The summed E-state index contributed by atoms with van der Waals surface area (Å²) >= 11 is 0. The fourth-order valence-corrected chi connectivity index (χ4v) is 1.48. The van der Waals surface area contributed by atoms with E-state index in [9.17, 15) is 4.79 Å². The van der Waals surface area contributed by atoms with Crippen LogP contribution in [-0.2, 0) is 4.74 Å². The molecular formula is C9H18N2O2. The summed E-state index contributed by atoms with van der Waals surface area (Å²) in [4.78, 5) is 13.0. The van der Waals surface area contributed by atoms with E-state index >= 15 is 0 Å². The van der Waals surface area contributed by atoms with E-state index in [0.717, 1.165) is 13.0 Å². The monoisotopic (exact) mass is 186 g/mol. The first-order valence-electron chi connectivity index (χ1n) is 4.82. The van der Waals surface area contributed by atoms with Crippen LogP contribution in [0.4, 0.5) is 4.79 Å². The number of rotatable bonds is 1. The Morgan fingerprint density at radius 2 is 2.38 bits per heavy atom. The largest absolute Gasteiger partial charge is 0.450 e. The molecule has 1 amide bonds. The van der Waals surface area contributed by atoms with Gasteiger partial charge < -0.3 is 15.4 Å². The molecule has 2 N–H and O–H groups in total. The average molecular weight is 186 g/mol. The number of amides is 1. The van der Waals surface area contributed by atoms with E-state index in [-0.39, 0.29) is 12.1 Å². The maximum absolute atomic E-state index is 11.3. The summed E-state index contributed by atoms with van der Waals surface area (Å²) in [5.74, 6) is 0.505. The second-order valence-corrected chi connectivity index (χ2v) is 3.57. The zero-order valence-electron chi connectivity index (χ0n) is 8.32. The van der Waals surface area contributed by atoms with E-state index in [1.165, 1.54) is 0 Å². The number of likely N-dealkylation sites (tertiary alicyclic amines) is 1. The third-order valence-electron chi connectivity index (χ3n) is 2.54. The van der Waals surface area contributed by atoms with Crippen LogP contribution in [0.25, 0.3) is 0 Å². The molecule has 0 saturated carbocycles. The Labute approximate surface area is 79.0 Å². The molecule has 4 heteroatoms. The van der Waals surface area contributed by atoms with Crippen LogP contribution < -0.4 is 5.73 Å². The quantitative estimate of drug-likeness (QED) is 0.659. The molecule has 4 nitrogen and oxygen atoms in total. The number of carbonyl (C=O) groups excluding carboxylic acids is 1. The first-order chi connectivity index (χ1) is 6.15. The molecule has 0 aromatic rings. The van der Waals surface area contributed by atoms with Crippen molar-refractivity contribution in [3.63, 3.8) is 0 Å². The number of nitrogens with zero attached hydrogens (tertiary/aromatic N) is 1. The topological polar surface area (TPSA) is 55.6 Å². The lowest BCUT2D eigenvalue weighted by atomic mass is 9.95. The molecule has 0 spiro atoms. The predicted octanol–water partition coefficient (Wildman–Crippen LogP) is 0.812. The van der Waals surface area contributed by atoms with E-state index in [2.05, 4.69) is 6.92 Å². The molecule has 0 aromatic heterocycles. The van der Waals surface area contributed by atoms with Crippen molar-refractivity contribution >= 4 is 6.09 Å². The Morgan fingerprint density at radius 3 is 2.92 bits per heavy atom. The van der Waals surface area contributed by atoms with Gasteiger partial charge in [-0.25, -0.2) is 4.79 Å². The summed E-state index contributed by atoms with van der Waals surface area (Å²) in [6.45, 7) is 5.76. The summed E-state index contributed by atoms with van der Waals surface area (Å²) in [7, 11) is 0. The smallest absolute Gasteiger partial charge is 0.409 e. The van der Waals surface area contributed by atoms with Gasteiger partial charge in [0, 0.05) is 19.1 Å². The number of ether oxygens (including phenoxy) is 1. The van der Waals surface area contributed by atoms with Gasteiger partial charge in [-0.3, -0.25) is 0 Å². The molecule has 1 aliphatic rings.